The van der Waals surface area contributed by atoms with Crippen LogP contribution < -0.4 is 0 Å². The lowest BCUT2D eigenvalue weighted by Crippen LogP contribution is -1.86. The van der Waals surface area contributed by atoms with Crippen molar-refractivity contribution in [3.8, 4) is 11.5 Å². The molecule has 0 saturated heterocycles. The number of fused-ring (bicyclic) bond motifs is 1. The van der Waals surface area contributed by atoms with Crippen LogP contribution >= 0.6 is 22.6 Å². The van der Waals surface area contributed by atoms with E-state index in [2.05, 4.69) is 27.6 Å². The summed E-state index contributed by atoms with van der Waals surface area (Å²) >= 11 is 2.22. The van der Waals surface area contributed by atoms with E-state index in [0.29, 0.717) is 17.0 Å². The van der Waals surface area contributed by atoms with E-state index < -0.39 is 4.92 Å². The molecule has 0 N–H and O–H groups in total. The highest BCUT2D eigenvalue weighted by molar-refractivity contribution is 14.1. The van der Waals surface area contributed by atoms with E-state index in [4.69, 9.17) is 4.42 Å². The summed E-state index contributed by atoms with van der Waals surface area (Å²) in [5, 5.41) is 10.7. The van der Waals surface area contributed by atoms with Gasteiger partial charge in [-0.25, -0.2) is 4.98 Å². The van der Waals surface area contributed by atoms with Crippen LogP contribution in [-0.4, -0.2) is 9.91 Å². The Balaban J connectivity index is 2.11. The van der Waals surface area contributed by atoms with Crippen LogP contribution in [0, 0.1) is 13.7 Å². The summed E-state index contributed by atoms with van der Waals surface area (Å²) in [5.41, 5.74) is 1.89. The van der Waals surface area contributed by atoms with Crippen LogP contribution in [0.4, 0.5) is 5.69 Å². The van der Waals surface area contributed by atoms with Gasteiger partial charge in [-0.2, -0.15) is 0 Å². The van der Waals surface area contributed by atoms with Crippen molar-refractivity contribution in [2.24, 2.45) is 0 Å². The van der Waals surface area contributed by atoms with Gasteiger partial charge in [-0.1, -0.05) is 0 Å². The maximum Gasteiger partial charge on any atom is 0.271 e. The average Bonchev–Trinajstić information content (AvgIpc) is 2.82. The second-order valence-electron chi connectivity index (χ2n) is 3.94. The van der Waals surface area contributed by atoms with Gasteiger partial charge in [0, 0.05) is 21.3 Å². The highest BCUT2D eigenvalue weighted by atomic mass is 127. The molecule has 0 unspecified atom stereocenters. The molecule has 0 fully saturated rings. The minimum Gasteiger partial charge on any atom is -0.436 e. The number of non-ortho nitro benzene ring substituents is 1. The normalized spacial score (nSPS) is 10.8. The molecule has 6 heteroatoms. The average molecular weight is 366 g/mol. The first-order valence-corrected chi connectivity index (χ1v) is 6.52. The molecule has 0 spiro atoms. The van der Waals surface area contributed by atoms with Crippen LogP contribution in [0.15, 0.2) is 46.9 Å². The fourth-order valence-electron chi connectivity index (χ4n) is 1.75. The van der Waals surface area contributed by atoms with Gasteiger partial charge in [0.05, 0.1) is 4.92 Å². The maximum atomic E-state index is 10.7. The summed E-state index contributed by atoms with van der Waals surface area (Å²) < 4.78 is 6.71. The summed E-state index contributed by atoms with van der Waals surface area (Å²) in [4.78, 5) is 14.5. The second kappa shape index (κ2) is 4.61. The van der Waals surface area contributed by atoms with Gasteiger partial charge in [0.2, 0.25) is 5.89 Å². The van der Waals surface area contributed by atoms with Crippen molar-refractivity contribution in [1.82, 2.24) is 4.98 Å². The quantitative estimate of drug-likeness (QED) is 0.391. The molecule has 0 amide bonds. The number of hydrogen-bond acceptors (Lipinski definition) is 4. The Morgan fingerprint density at radius 2 is 1.89 bits per heavy atom. The molecule has 3 rings (SSSR count). The zero-order valence-corrected chi connectivity index (χ0v) is 11.7. The van der Waals surface area contributed by atoms with Crippen molar-refractivity contribution in [1.29, 1.82) is 0 Å². The Bertz CT molecular complexity index is 765. The van der Waals surface area contributed by atoms with E-state index in [-0.39, 0.29) is 5.69 Å². The lowest BCUT2D eigenvalue weighted by atomic mass is 10.2. The van der Waals surface area contributed by atoms with Crippen molar-refractivity contribution in [2.45, 2.75) is 0 Å². The monoisotopic (exact) mass is 366 g/mol. The minimum atomic E-state index is -0.446. The first-order chi connectivity index (χ1) is 9.13. The van der Waals surface area contributed by atoms with E-state index >= 15 is 0 Å². The fraction of sp³-hybridized carbons (Fsp3) is 0. The third-order valence-electron chi connectivity index (χ3n) is 2.67. The first kappa shape index (κ1) is 12.1. The Morgan fingerprint density at radius 1 is 1.16 bits per heavy atom. The summed E-state index contributed by atoms with van der Waals surface area (Å²) in [7, 11) is 0. The van der Waals surface area contributed by atoms with E-state index in [1.54, 1.807) is 6.07 Å². The zero-order valence-electron chi connectivity index (χ0n) is 9.54. The topological polar surface area (TPSA) is 69.2 Å². The molecule has 0 saturated carbocycles. The van der Waals surface area contributed by atoms with Crippen LogP contribution in [0.25, 0.3) is 22.6 Å². The van der Waals surface area contributed by atoms with Gasteiger partial charge in [0.15, 0.2) is 5.58 Å². The molecule has 94 valence electrons. The van der Waals surface area contributed by atoms with Gasteiger partial charge in [-0.05, 0) is 52.9 Å². The molecule has 5 nitrogen and oxygen atoms in total. The van der Waals surface area contributed by atoms with Crippen LogP contribution in [0.3, 0.4) is 0 Å². The summed E-state index contributed by atoms with van der Waals surface area (Å²) in [5.74, 6) is 0.465. The minimum absolute atomic E-state index is 0.00922. The Hall–Kier alpha value is -1.96. The van der Waals surface area contributed by atoms with E-state index in [0.717, 1.165) is 9.13 Å². The predicted molar refractivity (Wildman–Crippen MR) is 78.8 cm³/mol. The van der Waals surface area contributed by atoms with Gasteiger partial charge in [0.25, 0.3) is 5.69 Å². The van der Waals surface area contributed by atoms with Crippen LogP contribution in [0.5, 0.6) is 0 Å². The molecular formula is C13H7IN2O3. The molecule has 0 atom stereocenters. The summed E-state index contributed by atoms with van der Waals surface area (Å²) in [6, 6.07) is 12.1. The third-order valence-corrected chi connectivity index (χ3v) is 3.39. The molecule has 0 aliphatic carbocycles. The fourth-order valence-corrected chi connectivity index (χ4v) is 2.10. The number of rotatable bonds is 2. The maximum absolute atomic E-state index is 10.7. The highest BCUT2D eigenvalue weighted by Crippen LogP contribution is 2.27. The van der Waals surface area contributed by atoms with Crippen molar-refractivity contribution in [3.63, 3.8) is 0 Å². The predicted octanol–water partition coefficient (Wildman–Crippen LogP) is 4.01. The number of hydrogen-bond donors (Lipinski definition) is 0. The van der Waals surface area contributed by atoms with Gasteiger partial charge < -0.3 is 4.42 Å². The number of nitrogens with zero attached hydrogens (tertiary/aromatic N) is 2. The third kappa shape index (κ3) is 2.30. The molecular weight excluding hydrogens is 359 g/mol. The van der Waals surface area contributed by atoms with E-state index in [9.17, 15) is 10.1 Å². The van der Waals surface area contributed by atoms with Gasteiger partial charge >= 0.3 is 0 Å². The first-order valence-electron chi connectivity index (χ1n) is 5.44. The summed E-state index contributed by atoms with van der Waals surface area (Å²) in [6.45, 7) is 0. The number of aromatic nitrogens is 1. The number of halogens is 1. The van der Waals surface area contributed by atoms with Crippen molar-refractivity contribution < 1.29 is 9.34 Å². The molecule has 3 aromatic rings. The number of nitro groups is 1. The highest BCUT2D eigenvalue weighted by Gasteiger charge is 2.12. The van der Waals surface area contributed by atoms with Crippen LogP contribution in [-0.2, 0) is 0 Å². The van der Waals surface area contributed by atoms with Gasteiger partial charge in [0.1, 0.15) is 5.52 Å². The Labute approximate surface area is 121 Å². The summed E-state index contributed by atoms with van der Waals surface area (Å²) in [6.07, 6.45) is 0. The van der Waals surface area contributed by atoms with Crippen molar-refractivity contribution in [2.75, 3.05) is 0 Å². The molecule has 1 heterocycles. The Kier molecular flexibility index (Phi) is 2.94. The van der Waals surface area contributed by atoms with E-state index in [1.165, 1.54) is 12.1 Å². The molecule has 0 aliphatic rings. The lowest BCUT2D eigenvalue weighted by Gasteiger charge is -1.94. The van der Waals surface area contributed by atoms with Crippen LogP contribution in [0.2, 0.25) is 0 Å². The van der Waals surface area contributed by atoms with Crippen molar-refractivity contribution in [3.05, 3.63) is 56.1 Å². The Morgan fingerprint density at radius 3 is 2.58 bits per heavy atom. The second-order valence-corrected chi connectivity index (χ2v) is 5.18. The van der Waals surface area contributed by atoms with Gasteiger partial charge in [-0.3, -0.25) is 10.1 Å². The van der Waals surface area contributed by atoms with Gasteiger partial charge in [-0.15, -0.1) is 0 Å². The number of benzene rings is 2. The smallest absolute Gasteiger partial charge is 0.271 e. The van der Waals surface area contributed by atoms with Crippen LogP contribution in [0.1, 0.15) is 0 Å². The molecule has 1 aromatic heterocycles. The largest absolute Gasteiger partial charge is 0.436 e. The zero-order chi connectivity index (χ0) is 13.4. The molecule has 0 aliphatic heterocycles. The lowest BCUT2D eigenvalue weighted by molar-refractivity contribution is -0.384. The standard InChI is InChI=1S/C13H7IN2O3/c14-9-3-1-8(2-4-9)13-15-11-7-10(16(17)18)5-6-12(11)19-13/h1-7H. The number of oxazole rings is 1. The SMILES string of the molecule is O=[N+]([O-])c1ccc2oc(-c3ccc(I)cc3)nc2c1. The number of nitro benzene ring substituents is 1. The van der Waals surface area contributed by atoms with E-state index in [1.807, 2.05) is 24.3 Å². The molecule has 19 heavy (non-hydrogen) atoms. The molecule has 2 aromatic carbocycles. The molecule has 0 radical (unpaired) electrons. The van der Waals surface area contributed by atoms with Crippen molar-refractivity contribution >= 4 is 39.4 Å². The molecule has 0 bridgehead atoms.